The van der Waals surface area contributed by atoms with Crippen LogP contribution in [-0.2, 0) is 20.5 Å². The van der Waals surface area contributed by atoms with Gasteiger partial charge in [0, 0.05) is 28.9 Å². The number of benzene rings is 2. The summed E-state index contributed by atoms with van der Waals surface area (Å²) >= 11 is 0. The number of aromatic nitrogens is 1. The predicted octanol–water partition coefficient (Wildman–Crippen LogP) is 4.84. The summed E-state index contributed by atoms with van der Waals surface area (Å²) in [5.74, 6) is -1.52. The first kappa shape index (κ1) is 21.0. The number of esters is 1. The van der Waals surface area contributed by atoms with Gasteiger partial charge in [-0.1, -0.05) is 30.3 Å². The van der Waals surface area contributed by atoms with Gasteiger partial charge in [0.15, 0.2) is 6.10 Å². The molecular weight excluding hydrogens is 397 g/mol. The Bertz CT molecular complexity index is 1100. The summed E-state index contributed by atoms with van der Waals surface area (Å²) in [7, 11) is 0. The summed E-state index contributed by atoms with van der Waals surface area (Å²) in [5.41, 5.74) is 0.470. The Kier molecular flexibility index (Phi) is 6.15. The lowest BCUT2D eigenvalue weighted by molar-refractivity contribution is -0.148. The highest BCUT2D eigenvalue weighted by Gasteiger charge is 2.30. The van der Waals surface area contributed by atoms with E-state index in [9.17, 15) is 22.8 Å². The van der Waals surface area contributed by atoms with Gasteiger partial charge in [-0.2, -0.15) is 13.2 Å². The number of ether oxygens (including phenoxy) is 1. The number of nitrogens with zero attached hydrogens (tertiary/aromatic N) is 1. The molecule has 0 saturated heterocycles. The Balaban J connectivity index is 1.62. The number of halogens is 3. The number of nitrogens with one attached hydrogen (secondary N) is 1. The van der Waals surface area contributed by atoms with Crippen molar-refractivity contribution in [2.45, 2.75) is 19.2 Å². The first-order chi connectivity index (χ1) is 14.2. The zero-order chi connectivity index (χ0) is 21.7. The molecule has 0 saturated carbocycles. The maximum atomic E-state index is 12.8. The van der Waals surface area contributed by atoms with E-state index < -0.39 is 29.7 Å². The highest BCUT2D eigenvalue weighted by molar-refractivity contribution is 5.97. The van der Waals surface area contributed by atoms with E-state index in [1.165, 1.54) is 25.1 Å². The molecule has 30 heavy (non-hydrogen) atoms. The van der Waals surface area contributed by atoms with Crippen LogP contribution in [0.4, 0.5) is 18.9 Å². The standard InChI is InChI=1S/C22H17F3N2O3/c1-14(21(29)27-18-9-3-8-17(13-18)22(23,24)25)30-19(28)11-10-16-6-2-5-15-7-4-12-26-20(15)16/h2-14H,1H3,(H,27,29)/b11-10+. The number of hydrogen-bond donors (Lipinski definition) is 1. The third kappa shape index (κ3) is 5.22. The number of para-hydroxylation sites is 1. The number of rotatable bonds is 5. The number of pyridine rings is 1. The van der Waals surface area contributed by atoms with E-state index >= 15 is 0 Å². The minimum Gasteiger partial charge on any atom is -0.449 e. The molecule has 1 amide bonds. The molecular formula is C22H17F3N2O3. The second-order valence-corrected chi connectivity index (χ2v) is 6.40. The third-order valence-electron chi connectivity index (χ3n) is 4.18. The van der Waals surface area contributed by atoms with Crippen molar-refractivity contribution in [3.63, 3.8) is 0 Å². The van der Waals surface area contributed by atoms with Crippen LogP contribution in [0.15, 0.2) is 66.9 Å². The van der Waals surface area contributed by atoms with E-state index in [-0.39, 0.29) is 5.69 Å². The zero-order valence-electron chi connectivity index (χ0n) is 15.8. The number of carbonyl (C=O) groups is 2. The summed E-state index contributed by atoms with van der Waals surface area (Å²) < 4.78 is 43.3. The van der Waals surface area contributed by atoms with E-state index in [0.717, 1.165) is 23.6 Å². The van der Waals surface area contributed by atoms with Crippen LogP contribution in [0.5, 0.6) is 0 Å². The summed E-state index contributed by atoms with van der Waals surface area (Å²) in [4.78, 5) is 28.5. The average Bonchev–Trinajstić information content (AvgIpc) is 2.71. The molecule has 5 nitrogen and oxygen atoms in total. The molecule has 0 aliphatic heterocycles. The fourth-order valence-corrected chi connectivity index (χ4v) is 2.70. The van der Waals surface area contributed by atoms with Gasteiger partial charge in [-0.05, 0) is 37.3 Å². The lowest BCUT2D eigenvalue weighted by Crippen LogP contribution is -2.29. The minimum absolute atomic E-state index is 0.0462. The monoisotopic (exact) mass is 414 g/mol. The van der Waals surface area contributed by atoms with Crippen LogP contribution in [0, 0.1) is 0 Å². The van der Waals surface area contributed by atoms with Crippen molar-refractivity contribution in [2.24, 2.45) is 0 Å². The third-order valence-corrected chi connectivity index (χ3v) is 4.18. The van der Waals surface area contributed by atoms with Crippen molar-refractivity contribution in [1.82, 2.24) is 4.98 Å². The Labute approximate surface area is 170 Å². The van der Waals surface area contributed by atoms with E-state index in [2.05, 4.69) is 10.3 Å². The summed E-state index contributed by atoms with van der Waals surface area (Å²) in [6, 6.07) is 13.4. The number of anilines is 1. The van der Waals surface area contributed by atoms with Crippen molar-refractivity contribution in [1.29, 1.82) is 0 Å². The zero-order valence-corrected chi connectivity index (χ0v) is 15.8. The van der Waals surface area contributed by atoms with E-state index in [4.69, 9.17) is 4.74 Å². The number of amides is 1. The van der Waals surface area contributed by atoms with E-state index in [1.807, 2.05) is 18.2 Å². The molecule has 0 aliphatic carbocycles. The van der Waals surface area contributed by atoms with Crippen LogP contribution in [-0.4, -0.2) is 23.0 Å². The van der Waals surface area contributed by atoms with E-state index in [1.54, 1.807) is 18.3 Å². The molecule has 8 heteroatoms. The van der Waals surface area contributed by atoms with Crippen molar-refractivity contribution < 1.29 is 27.5 Å². The van der Waals surface area contributed by atoms with Gasteiger partial charge in [-0.15, -0.1) is 0 Å². The highest BCUT2D eigenvalue weighted by Crippen LogP contribution is 2.30. The fraction of sp³-hybridized carbons (Fsp3) is 0.136. The second-order valence-electron chi connectivity index (χ2n) is 6.40. The van der Waals surface area contributed by atoms with E-state index in [0.29, 0.717) is 11.1 Å². The lowest BCUT2D eigenvalue weighted by atomic mass is 10.1. The molecule has 1 N–H and O–H groups in total. The molecule has 0 radical (unpaired) electrons. The molecule has 154 valence electrons. The maximum absolute atomic E-state index is 12.8. The van der Waals surface area contributed by atoms with Crippen LogP contribution in [0.3, 0.4) is 0 Å². The summed E-state index contributed by atoms with van der Waals surface area (Å²) in [6.07, 6.45) is -1.41. The molecule has 0 fully saturated rings. The molecule has 0 aliphatic rings. The number of fused-ring (bicyclic) bond motifs is 1. The van der Waals surface area contributed by atoms with Gasteiger partial charge in [0.2, 0.25) is 0 Å². The topological polar surface area (TPSA) is 68.3 Å². The number of alkyl halides is 3. The minimum atomic E-state index is -4.53. The summed E-state index contributed by atoms with van der Waals surface area (Å²) in [5, 5.41) is 3.21. The molecule has 1 unspecified atom stereocenters. The van der Waals surface area contributed by atoms with Crippen molar-refractivity contribution >= 4 is 34.5 Å². The van der Waals surface area contributed by atoms with Crippen molar-refractivity contribution in [3.8, 4) is 0 Å². The Morgan fingerprint density at radius 3 is 2.60 bits per heavy atom. The average molecular weight is 414 g/mol. The predicted molar refractivity (Wildman–Crippen MR) is 106 cm³/mol. The molecule has 1 aromatic heterocycles. The smallest absolute Gasteiger partial charge is 0.416 e. The quantitative estimate of drug-likeness (QED) is 0.479. The SMILES string of the molecule is CC(OC(=O)/C=C/c1cccc2cccnc12)C(=O)Nc1cccc(C(F)(F)F)c1. The van der Waals surface area contributed by atoms with Gasteiger partial charge in [0.1, 0.15) is 0 Å². The van der Waals surface area contributed by atoms with Crippen LogP contribution >= 0.6 is 0 Å². The lowest BCUT2D eigenvalue weighted by Gasteiger charge is -2.13. The maximum Gasteiger partial charge on any atom is 0.416 e. The van der Waals surface area contributed by atoms with Crippen LogP contribution in [0.25, 0.3) is 17.0 Å². The van der Waals surface area contributed by atoms with Gasteiger partial charge in [0.05, 0.1) is 11.1 Å². The molecule has 3 aromatic rings. The molecule has 3 rings (SSSR count). The second kappa shape index (κ2) is 8.77. The van der Waals surface area contributed by atoms with Crippen molar-refractivity contribution in [3.05, 3.63) is 78.0 Å². The Morgan fingerprint density at radius 1 is 1.10 bits per heavy atom. The van der Waals surface area contributed by atoms with Crippen LogP contribution in [0.2, 0.25) is 0 Å². The molecule has 0 bridgehead atoms. The van der Waals surface area contributed by atoms with Gasteiger partial charge in [-0.25, -0.2) is 4.79 Å². The fourth-order valence-electron chi connectivity index (χ4n) is 2.70. The normalized spacial score (nSPS) is 12.7. The van der Waals surface area contributed by atoms with Crippen LogP contribution < -0.4 is 5.32 Å². The molecule has 1 heterocycles. The highest BCUT2D eigenvalue weighted by atomic mass is 19.4. The van der Waals surface area contributed by atoms with Crippen molar-refractivity contribution in [2.75, 3.05) is 5.32 Å². The molecule has 0 spiro atoms. The first-order valence-corrected chi connectivity index (χ1v) is 8.94. The van der Waals surface area contributed by atoms with Gasteiger partial charge in [0.25, 0.3) is 5.91 Å². The summed E-state index contributed by atoms with van der Waals surface area (Å²) in [6.45, 7) is 1.33. The van der Waals surface area contributed by atoms with Gasteiger partial charge in [-0.3, -0.25) is 9.78 Å². The van der Waals surface area contributed by atoms with Gasteiger partial charge < -0.3 is 10.1 Å². The Morgan fingerprint density at radius 2 is 1.83 bits per heavy atom. The first-order valence-electron chi connectivity index (χ1n) is 8.94. The number of carbonyl (C=O) groups excluding carboxylic acids is 2. The Hall–Kier alpha value is -3.68. The number of hydrogen-bond acceptors (Lipinski definition) is 4. The van der Waals surface area contributed by atoms with Gasteiger partial charge >= 0.3 is 12.1 Å². The molecule has 2 aromatic carbocycles. The molecule has 1 atom stereocenters. The largest absolute Gasteiger partial charge is 0.449 e. The van der Waals surface area contributed by atoms with Crippen LogP contribution in [0.1, 0.15) is 18.1 Å².